The number of benzene rings is 1. The molecule has 3 N–H and O–H groups in total. The summed E-state index contributed by atoms with van der Waals surface area (Å²) in [5, 5.41) is 11.4. The van der Waals surface area contributed by atoms with Crippen molar-refractivity contribution in [1.29, 1.82) is 0 Å². The molecule has 0 heterocycles. The zero-order chi connectivity index (χ0) is 14.5. The van der Waals surface area contributed by atoms with Gasteiger partial charge in [0.2, 0.25) is 10.0 Å². The van der Waals surface area contributed by atoms with Crippen molar-refractivity contribution in [1.82, 2.24) is 10.0 Å². The Morgan fingerprint density at radius 2 is 1.74 bits per heavy atom. The van der Waals surface area contributed by atoms with Gasteiger partial charge < -0.3 is 10.4 Å². The van der Waals surface area contributed by atoms with E-state index >= 15 is 0 Å². The Labute approximate surface area is 110 Å². The van der Waals surface area contributed by atoms with Crippen LogP contribution in [0.25, 0.3) is 0 Å². The molecule has 1 amide bonds. The number of carbonyl (C=O) groups excluding carboxylic acids is 1. The minimum absolute atomic E-state index is 0.0364. The first kappa shape index (κ1) is 15.1. The van der Waals surface area contributed by atoms with Crippen molar-refractivity contribution in [3.05, 3.63) is 35.4 Å². The van der Waals surface area contributed by atoms with Gasteiger partial charge in [-0.1, -0.05) is 12.1 Å². The molecular weight excluding hydrogens is 272 g/mol. The van der Waals surface area contributed by atoms with Gasteiger partial charge >= 0.3 is 5.97 Å². The van der Waals surface area contributed by atoms with Crippen molar-refractivity contribution in [3.63, 3.8) is 0 Å². The van der Waals surface area contributed by atoms with Gasteiger partial charge in [-0.3, -0.25) is 4.79 Å². The van der Waals surface area contributed by atoms with Crippen LogP contribution in [-0.4, -0.2) is 44.7 Å². The lowest BCUT2D eigenvalue weighted by Gasteiger charge is -2.07. The van der Waals surface area contributed by atoms with Crippen molar-refractivity contribution in [3.8, 4) is 0 Å². The molecule has 0 fully saturated rings. The van der Waals surface area contributed by atoms with Crippen LogP contribution in [0.2, 0.25) is 0 Å². The highest BCUT2D eigenvalue weighted by Crippen LogP contribution is 2.08. The first-order valence-corrected chi connectivity index (χ1v) is 7.25. The highest BCUT2D eigenvalue weighted by Gasteiger charge is 2.15. The van der Waals surface area contributed by atoms with Crippen LogP contribution in [0.15, 0.2) is 24.3 Å². The highest BCUT2D eigenvalue weighted by molar-refractivity contribution is 7.88. The van der Waals surface area contributed by atoms with Gasteiger partial charge in [-0.15, -0.1) is 0 Å². The summed E-state index contributed by atoms with van der Waals surface area (Å²) < 4.78 is 23.8. The minimum atomic E-state index is -3.30. The maximum Gasteiger partial charge on any atom is 0.336 e. The monoisotopic (exact) mass is 286 g/mol. The molecule has 0 bridgehead atoms. The molecule has 0 spiro atoms. The molecule has 0 saturated carbocycles. The molecule has 0 aliphatic heterocycles. The van der Waals surface area contributed by atoms with Gasteiger partial charge in [0.25, 0.3) is 5.91 Å². The summed E-state index contributed by atoms with van der Waals surface area (Å²) in [5.41, 5.74) is -0.0644. The fraction of sp³-hybridized carbons (Fsp3) is 0.273. The summed E-state index contributed by atoms with van der Waals surface area (Å²) in [7, 11) is -3.30. The van der Waals surface area contributed by atoms with E-state index in [2.05, 4.69) is 10.0 Å². The van der Waals surface area contributed by atoms with E-state index in [1.54, 1.807) is 6.07 Å². The third kappa shape index (κ3) is 5.06. The predicted octanol–water partition coefficient (Wildman–Crippen LogP) is -0.336. The molecule has 8 heteroatoms. The normalized spacial score (nSPS) is 11.0. The zero-order valence-electron chi connectivity index (χ0n) is 10.2. The van der Waals surface area contributed by atoms with Crippen LogP contribution < -0.4 is 10.0 Å². The van der Waals surface area contributed by atoms with Gasteiger partial charge in [-0.25, -0.2) is 17.9 Å². The second-order valence-corrected chi connectivity index (χ2v) is 5.61. The number of carboxylic acids is 1. The Hall–Kier alpha value is -1.93. The number of carbonyl (C=O) groups is 2. The largest absolute Gasteiger partial charge is 0.478 e. The van der Waals surface area contributed by atoms with E-state index in [1.165, 1.54) is 18.2 Å². The molecule has 0 aromatic heterocycles. The summed E-state index contributed by atoms with van der Waals surface area (Å²) in [6.07, 6.45) is 1.01. The van der Waals surface area contributed by atoms with Gasteiger partial charge in [0.1, 0.15) is 0 Å². The predicted molar refractivity (Wildman–Crippen MR) is 68.6 cm³/mol. The molecule has 7 nitrogen and oxygen atoms in total. The van der Waals surface area contributed by atoms with Crippen LogP contribution >= 0.6 is 0 Å². The number of hydrogen-bond acceptors (Lipinski definition) is 4. The molecule has 1 aromatic carbocycles. The average molecular weight is 286 g/mol. The van der Waals surface area contributed by atoms with Crippen LogP contribution in [0.1, 0.15) is 20.7 Å². The standard InChI is InChI=1S/C11H14N2O5S/c1-19(17,18)13-7-6-12-10(14)8-4-2-3-5-9(8)11(15)16/h2-5,13H,6-7H2,1H3,(H,12,14)(H,15,16). The van der Waals surface area contributed by atoms with Gasteiger partial charge in [-0.2, -0.15) is 0 Å². The lowest BCUT2D eigenvalue weighted by atomic mass is 10.1. The number of hydrogen-bond donors (Lipinski definition) is 3. The lowest BCUT2D eigenvalue weighted by molar-refractivity contribution is 0.0691. The molecule has 104 valence electrons. The Morgan fingerprint density at radius 3 is 2.26 bits per heavy atom. The fourth-order valence-corrected chi connectivity index (χ4v) is 1.85. The zero-order valence-corrected chi connectivity index (χ0v) is 11.0. The number of rotatable bonds is 6. The maximum absolute atomic E-state index is 11.7. The maximum atomic E-state index is 11.7. The molecule has 1 aromatic rings. The molecule has 0 unspecified atom stereocenters. The molecule has 0 atom stereocenters. The van der Waals surface area contributed by atoms with E-state index in [4.69, 9.17) is 5.11 Å². The topological polar surface area (TPSA) is 113 Å². The Bertz CT molecular complexity index is 583. The van der Waals surface area contributed by atoms with E-state index in [-0.39, 0.29) is 24.2 Å². The van der Waals surface area contributed by atoms with Gasteiger partial charge in [0, 0.05) is 13.1 Å². The van der Waals surface area contributed by atoms with E-state index in [1.807, 2.05) is 0 Å². The van der Waals surface area contributed by atoms with Crippen LogP contribution in [0.3, 0.4) is 0 Å². The van der Waals surface area contributed by atoms with Crippen molar-refractivity contribution in [2.24, 2.45) is 0 Å². The van der Waals surface area contributed by atoms with Crippen LogP contribution in [0.5, 0.6) is 0 Å². The lowest BCUT2D eigenvalue weighted by Crippen LogP contribution is -2.34. The SMILES string of the molecule is CS(=O)(=O)NCCNC(=O)c1ccccc1C(=O)O. The van der Waals surface area contributed by atoms with E-state index in [0.29, 0.717) is 0 Å². The van der Waals surface area contributed by atoms with Crippen molar-refractivity contribution in [2.75, 3.05) is 19.3 Å². The molecule has 1 rings (SSSR count). The van der Waals surface area contributed by atoms with Crippen molar-refractivity contribution >= 4 is 21.9 Å². The number of nitrogens with one attached hydrogen (secondary N) is 2. The van der Waals surface area contributed by atoms with Crippen LogP contribution in [0, 0.1) is 0 Å². The number of aromatic carboxylic acids is 1. The summed E-state index contributed by atoms with van der Waals surface area (Å²) in [6, 6.07) is 5.79. The average Bonchev–Trinajstić information content (AvgIpc) is 2.33. The minimum Gasteiger partial charge on any atom is -0.478 e. The smallest absolute Gasteiger partial charge is 0.336 e. The van der Waals surface area contributed by atoms with E-state index < -0.39 is 21.9 Å². The van der Waals surface area contributed by atoms with Gasteiger partial charge in [0.05, 0.1) is 17.4 Å². The first-order valence-electron chi connectivity index (χ1n) is 5.36. The molecular formula is C11H14N2O5S. The Balaban J connectivity index is 2.62. The molecule has 0 aliphatic rings. The number of amides is 1. The Morgan fingerprint density at radius 1 is 1.16 bits per heavy atom. The summed E-state index contributed by atoms with van der Waals surface area (Å²) in [5.74, 6) is -1.76. The second kappa shape index (κ2) is 6.30. The van der Waals surface area contributed by atoms with Crippen LogP contribution in [0.4, 0.5) is 0 Å². The number of sulfonamides is 1. The van der Waals surface area contributed by atoms with Crippen LogP contribution in [-0.2, 0) is 10.0 Å². The number of carboxylic acid groups (broad SMARTS) is 1. The van der Waals surface area contributed by atoms with E-state index in [0.717, 1.165) is 6.26 Å². The first-order chi connectivity index (χ1) is 8.81. The molecule has 0 saturated heterocycles. The third-order valence-corrected chi connectivity index (χ3v) is 2.91. The summed E-state index contributed by atoms with van der Waals surface area (Å²) >= 11 is 0. The molecule has 0 radical (unpaired) electrons. The Kier molecular flexibility index (Phi) is 5.02. The molecule has 19 heavy (non-hydrogen) atoms. The van der Waals surface area contributed by atoms with Crippen molar-refractivity contribution < 1.29 is 23.1 Å². The summed E-state index contributed by atoms with van der Waals surface area (Å²) in [4.78, 5) is 22.7. The van der Waals surface area contributed by atoms with Gasteiger partial charge in [0.15, 0.2) is 0 Å². The van der Waals surface area contributed by atoms with Gasteiger partial charge in [-0.05, 0) is 12.1 Å². The second-order valence-electron chi connectivity index (χ2n) is 3.77. The fourth-order valence-electron chi connectivity index (χ4n) is 1.38. The van der Waals surface area contributed by atoms with Crippen molar-refractivity contribution in [2.45, 2.75) is 0 Å². The van der Waals surface area contributed by atoms with E-state index in [9.17, 15) is 18.0 Å². The summed E-state index contributed by atoms with van der Waals surface area (Å²) in [6.45, 7) is 0.111. The highest BCUT2D eigenvalue weighted by atomic mass is 32.2. The molecule has 0 aliphatic carbocycles. The quantitative estimate of drug-likeness (QED) is 0.619. The third-order valence-electron chi connectivity index (χ3n) is 2.18.